The first-order chi connectivity index (χ1) is 9.13. The summed E-state index contributed by atoms with van der Waals surface area (Å²) in [6.45, 7) is 8.39. The zero-order valence-corrected chi connectivity index (χ0v) is 11.9. The molecule has 1 aromatic carbocycles. The Hall–Kier alpha value is -1.37. The third kappa shape index (κ3) is 3.34. The van der Waals surface area contributed by atoms with Gasteiger partial charge < -0.3 is 5.73 Å². The van der Waals surface area contributed by atoms with E-state index in [0.717, 1.165) is 37.7 Å². The van der Waals surface area contributed by atoms with Crippen LogP contribution in [0.5, 0.6) is 0 Å². The molecule has 2 atom stereocenters. The Kier molecular flexibility index (Phi) is 4.57. The molecule has 19 heavy (non-hydrogen) atoms. The molecule has 0 aliphatic carbocycles. The molecule has 1 aromatic rings. The number of nitriles is 1. The van der Waals surface area contributed by atoms with Gasteiger partial charge in [-0.3, -0.25) is 4.90 Å². The average Bonchev–Trinajstić information content (AvgIpc) is 2.43. The quantitative estimate of drug-likeness (QED) is 0.904. The maximum Gasteiger partial charge on any atom is 0.0991 e. The summed E-state index contributed by atoms with van der Waals surface area (Å²) in [6.07, 6.45) is 1.23. The highest BCUT2D eigenvalue weighted by atomic mass is 15.1. The average molecular weight is 257 g/mol. The van der Waals surface area contributed by atoms with E-state index in [4.69, 9.17) is 11.0 Å². The van der Waals surface area contributed by atoms with Crippen molar-refractivity contribution in [3.63, 3.8) is 0 Å². The van der Waals surface area contributed by atoms with Gasteiger partial charge in [0.15, 0.2) is 0 Å². The van der Waals surface area contributed by atoms with Gasteiger partial charge in [0.05, 0.1) is 11.6 Å². The molecule has 0 aromatic heterocycles. The van der Waals surface area contributed by atoms with Gasteiger partial charge in [-0.05, 0) is 61.5 Å². The number of nitrogens with two attached hydrogens (primary N) is 1. The third-order valence-electron chi connectivity index (χ3n) is 4.37. The van der Waals surface area contributed by atoms with Crippen LogP contribution in [-0.4, -0.2) is 24.5 Å². The zero-order valence-electron chi connectivity index (χ0n) is 11.9. The Morgan fingerprint density at radius 3 is 2.89 bits per heavy atom. The van der Waals surface area contributed by atoms with Crippen LogP contribution in [0.3, 0.4) is 0 Å². The molecule has 1 fully saturated rings. The van der Waals surface area contributed by atoms with E-state index >= 15 is 0 Å². The molecule has 2 unspecified atom stereocenters. The van der Waals surface area contributed by atoms with Crippen molar-refractivity contribution in [2.45, 2.75) is 26.8 Å². The fourth-order valence-electron chi connectivity index (χ4n) is 2.86. The highest BCUT2D eigenvalue weighted by Crippen LogP contribution is 2.24. The first-order valence-corrected chi connectivity index (χ1v) is 7.06. The van der Waals surface area contributed by atoms with Gasteiger partial charge >= 0.3 is 0 Å². The number of aryl methyl sites for hydroxylation is 1. The van der Waals surface area contributed by atoms with Gasteiger partial charge in [-0.1, -0.05) is 13.0 Å². The van der Waals surface area contributed by atoms with Gasteiger partial charge in [-0.2, -0.15) is 5.26 Å². The van der Waals surface area contributed by atoms with Gasteiger partial charge in [-0.15, -0.1) is 0 Å². The number of rotatable bonds is 3. The minimum absolute atomic E-state index is 0.618. The normalized spacial score (nSPS) is 24.1. The molecule has 102 valence electrons. The monoisotopic (exact) mass is 257 g/mol. The zero-order chi connectivity index (χ0) is 13.8. The minimum atomic E-state index is 0.618. The molecule has 0 amide bonds. The largest absolute Gasteiger partial charge is 0.330 e. The van der Waals surface area contributed by atoms with Crippen LogP contribution in [0.1, 0.15) is 30.0 Å². The van der Waals surface area contributed by atoms with Crippen LogP contribution in [-0.2, 0) is 6.54 Å². The van der Waals surface area contributed by atoms with Gasteiger partial charge in [0.1, 0.15) is 0 Å². The topological polar surface area (TPSA) is 53.0 Å². The third-order valence-corrected chi connectivity index (χ3v) is 4.37. The number of hydrogen-bond donors (Lipinski definition) is 1. The molecule has 1 saturated heterocycles. The molecule has 0 saturated carbocycles. The molecule has 2 rings (SSSR count). The van der Waals surface area contributed by atoms with Crippen molar-refractivity contribution in [3.8, 4) is 6.07 Å². The lowest BCUT2D eigenvalue weighted by atomic mass is 9.87. The van der Waals surface area contributed by atoms with Crippen molar-refractivity contribution >= 4 is 0 Å². The van der Waals surface area contributed by atoms with E-state index in [0.29, 0.717) is 5.92 Å². The van der Waals surface area contributed by atoms with Crippen molar-refractivity contribution < 1.29 is 0 Å². The SMILES string of the molecule is Cc1cc(C#N)ccc1CN1CCC(C)C(CN)C1. The first kappa shape index (κ1) is 14.0. The van der Waals surface area contributed by atoms with Crippen LogP contribution >= 0.6 is 0 Å². The van der Waals surface area contributed by atoms with Crippen molar-refractivity contribution in [2.24, 2.45) is 17.6 Å². The Balaban J connectivity index is 2.04. The second-order valence-corrected chi connectivity index (χ2v) is 5.75. The number of piperidine rings is 1. The van der Waals surface area contributed by atoms with E-state index < -0.39 is 0 Å². The van der Waals surface area contributed by atoms with Crippen LogP contribution in [0.25, 0.3) is 0 Å². The first-order valence-electron chi connectivity index (χ1n) is 7.06. The van der Waals surface area contributed by atoms with Gasteiger partial charge in [0.25, 0.3) is 0 Å². The smallest absolute Gasteiger partial charge is 0.0991 e. The van der Waals surface area contributed by atoms with Crippen molar-refractivity contribution in [3.05, 3.63) is 34.9 Å². The fraction of sp³-hybridized carbons (Fsp3) is 0.562. The standard InChI is InChI=1S/C16H23N3/c1-12-5-6-19(11-16(12)9-18)10-15-4-3-14(8-17)7-13(15)2/h3-4,7,12,16H,5-6,9-11,18H2,1-2H3. The predicted octanol–water partition coefficient (Wildman–Crippen LogP) is 2.28. The molecule has 1 aliphatic rings. The molecular weight excluding hydrogens is 234 g/mol. The predicted molar refractivity (Wildman–Crippen MR) is 77.5 cm³/mol. The van der Waals surface area contributed by atoms with Crippen LogP contribution in [0.15, 0.2) is 18.2 Å². The van der Waals surface area contributed by atoms with Crippen LogP contribution in [0.4, 0.5) is 0 Å². The van der Waals surface area contributed by atoms with E-state index in [1.165, 1.54) is 17.5 Å². The second-order valence-electron chi connectivity index (χ2n) is 5.75. The number of nitrogens with zero attached hydrogens (tertiary/aromatic N) is 2. The van der Waals surface area contributed by atoms with Crippen molar-refractivity contribution in [1.82, 2.24) is 4.90 Å². The lowest BCUT2D eigenvalue weighted by Gasteiger charge is -2.36. The summed E-state index contributed by atoms with van der Waals surface area (Å²) in [6, 6.07) is 8.16. The van der Waals surface area contributed by atoms with Gasteiger partial charge in [0.2, 0.25) is 0 Å². The Bertz CT molecular complexity index is 475. The summed E-state index contributed by atoms with van der Waals surface area (Å²) >= 11 is 0. The summed E-state index contributed by atoms with van der Waals surface area (Å²) < 4.78 is 0. The molecule has 3 heteroatoms. The summed E-state index contributed by atoms with van der Waals surface area (Å²) in [7, 11) is 0. The maximum absolute atomic E-state index is 8.90. The van der Waals surface area contributed by atoms with Gasteiger partial charge in [-0.25, -0.2) is 0 Å². The summed E-state index contributed by atoms with van der Waals surface area (Å²) in [4.78, 5) is 2.49. The van der Waals surface area contributed by atoms with E-state index in [2.05, 4.69) is 30.9 Å². The summed E-state index contributed by atoms with van der Waals surface area (Å²) in [5, 5.41) is 8.90. The van der Waals surface area contributed by atoms with E-state index in [1.54, 1.807) is 0 Å². The molecule has 1 aliphatic heterocycles. The Morgan fingerprint density at radius 1 is 1.47 bits per heavy atom. The molecule has 1 heterocycles. The lowest BCUT2D eigenvalue weighted by Crippen LogP contribution is -2.42. The van der Waals surface area contributed by atoms with Gasteiger partial charge in [0, 0.05) is 13.1 Å². The molecular formula is C16H23N3. The molecule has 2 N–H and O–H groups in total. The van der Waals surface area contributed by atoms with E-state index in [1.807, 2.05) is 12.1 Å². The summed E-state index contributed by atoms with van der Waals surface area (Å²) in [5.41, 5.74) is 9.13. The minimum Gasteiger partial charge on any atom is -0.330 e. The number of likely N-dealkylation sites (tertiary alicyclic amines) is 1. The molecule has 3 nitrogen and oxygen atoms in total. The lowest BCUT2D eigenvalue weighted by molar-refractivity contribution is 0.126. The van der Waals surface area contributed by atoms with E-state index in [9.17, 15) is 0 Å². The Morgan fingerprint density at radius 2 is 2.26 bits per heavy atom. The van der Waals surface area contributed by atoms with Crippen LogP contribution < -0.4 is 5.73 Å². The molecule has 0 bridgehead atoms. The molecule has 0 spiro atoms. The van der Waals surface area contributed by atoms with Crippen LogP contribution in [0.2, 0.25) is 0 Å². The van der Waals surface area contributed by atoms with Crippen molar-refractivity contribution in [1.29, 1.82) is 5.26 Å². The molecule has 0 radical (unpaired) electrons. The fourth-order valence-corrected chi connectivity index (χ4v) is 2.86. The second kappa shape index (κ2) is 6.18. The number of hydrogen-bond acceptors (Lipinski definition) is 3. The van der Waals surface area contributed by atoms with Crippen LogP contribution in [0, 0.1) is 30.1 Å². The number of benzene rings is 1. The maximum atomic E-state index is 8.90. The van der Waals surface area contributed by atoms with Crippen molar-refractivity contribution in [2.75, 3.05) is 19.6 Å². The Labute approximate surface area is 116 Å². The highest BCUT2D eigenvalue weighted by Gasteiger charge is 2.25. The van der Waals surface area contributed by atoms with E-state index in [-0.39, 0.29) is 0 Å². The highest BCUT2D eigenvalue weighted by molar-refractivity contribution is 5.37. The summed E-state index contributed by atoms with van der Waals surface area (Å²) in [5.74, 6) is 1.36.